The summed E-state index contributed by atoms with van der Waals surface area (Å²) < 4.78 is 6.51. The van der Waals surface area contributed by atoms with Gasteiger partial charge < -0.3 is 9.73 Å². The second-order valence-electron chi connectivity index (χ2n) is 4.24. The molecule has 0 saturated carbocycles. The van der Waals surface area contributed by atoms with Gasteiger partial charge in [0.25, 0.3) is 5.91 Å². The third-order valence-corrected chi connectivity index (χ3v) is 3.39. The molecule has 1 aromatic carbocycles. The Balaban J connectivity index is 2.24. The number of carbonyl (C=O) groups is 1. The van der Waals surface area contributed by atoms with Gasteiger partial charge in [0.1, 0.15) is 11.5 Å². The smallest absolute Gasteiger partial charge is 0.259 e. The highest BCUT2D eigenvalue weighted by molar-refractivity contribution is 14.1. The van der Waals surface area contributed by atoms with Crippen LogP contribution in [0.2, 0.25) is 0 Å². The third kappa shape index (κ3) is 2.75. The minimum atomic E-state index is -0.131. The predicted molar refractivity (Wildman–Crippen MR) is 80.0 cm³/mol. The van der Waals surface area contributed by atoms with Crippen LogP contribution in [0.5, 0.6) is 0 Å². The van der Waals surface area contributed by atoms with Gasteiger partial charge in [-0.25, -0.2) is 0 Å². The third-order valence-electron chi connectivity index (χ3n) is 2.72. The van der Waals surface area contributed by atoms with E-state index in [1.54, 1.807) is 13.0 Å². The van der Waals surface area contributed by atoms with E-state index in [0.717, 1.165) is 20.6 Å². The first-order valence-electron chi connectivity index (χ1n) is 5.62. The van der Waals surface area contributed by atoms with Crippen molar-refractivity contribution in [3.8, 4) is 0 Å². The number of hydrogen-bond donors (Lipinski definition) is 1. The van der Waals surface area contributed by atoms with Crippen molar-refractivity contribution in [3.63, 3.8) is 0 Å². The maximum atomic E-state index is 12.1. The molecule has 0 atom stereocenters. The van der Waals surface area contributed by atoms with Crippen LogP contribution in [0.1, 0.15) is 27.4 Å². The molecule has 3 nitrogen and oxygen atoms in total. The zero-order chi connectivity index (χ0) is 13.3. The van der Waals surface area contributed by atoms with Crippen LogP contribution >= 0.6 is 22.6 Å². The lowest BCUT2D eigenvalue weighted by Gasteiger charge is -2.08. The number of aryl methyl sites for hydroxylation is 3. The van der Waals surface area contributed by atoms with Crippen molar-refractivity contribution in [2.75, 3.05) is 5.32 Å². The number of anilines is 1. The van der Waals surface area contributed by atoms with E-state index in [1.807, 2.05) is 32.0 Å². The molecule has 1 aromatic heterocycles. The van der Waals surface area contributed by atoms with Crippen molar-refractivity contribution in [2.24, 2.45) is 0 Å². The van der Waals surface area contributed by atoms with E-state index in [1.165, 1.54) is 0 Å². The van der Waals surface area contributed by atoms with Gasteiger partial charge in [-0.2, -0.15) is 0 Å². The van der Waals surface area contributed by atoms with Gasteiger partial charge in [-0.15, -0.1) is 0 Å². The van der Waals surface area contributed by atoms with Crippen LogP contribution in [0.15, 0.2) is 28.7 Å². The zero-order valence-corrected chi connectivity index (χ0v) is 12.7. The molecule has 1 amide bonds. The van der Waals surface area contributed by atoms with Gasteiger partial charge in [0.2, 0.25) is 0 Å². The van der Waals surface area contributed by atoms with Crippen molar-refractivity contribution >= 4 is 34.2 Å². The number of nitrogens with one attached hydrogen (secondary N) is 1. The van der Waals surface area contributed by atoms with Gasteiger partial charge in [0, 0.05) is 9.26 Å². The molecule has 0 aliphatic carbocycles. The first-order chi connectivity index (χ1) is 8.47. The first-order valence-corrected chi connectivity index (χ1v) is 6.70. The van der Waals surface area contributed by atoms with Crippen LogP contribution < -0.4 is 5.32 Å². The second-order valence-corrected chi connectivity index (χ2v) is 5.49. The largest absolute Gasteiger partial charge is 0.466 e. The number of rotatable bonds is 2. The summed E-state index contributed by atoms with van der Waals surface area (Å²) >= 11 is 2.25. The lowest BCUT2D eigenvalue weighted by molar-refractivity contribution is 0.102. The van der Waals surface area contributed by atoms with Crippen molar-refractivity contribution in [1.29, 1.82) is 0 Å². The Labute approximate surface area is 120 Å². The molecule has 0 unspecified atom stereocenters. The van der Waals surface area contributed by atoms with Crippen molar-refractivity contribution in [1.82, 2.24) is 0 Å². The van der Waals surface area contributed by atoms with Gasteiger partial charge in [0.05, 0.1) is 5.56 Å². The van der Waals surface area contributed by atoms with Crippen LogP contribution in [-0.4, -0.2) is 5.91 Å². The Bertz CT molecular complexity index is 602. The monoisotopic (exact) mass is 355 g/mol. The summed E-state index contributed by atoms with van der Waals surface area (Å²) in [6.45, 7) is 5.61. The van der Waals surface area contributed by atoms with Crippen molar-refractivity contribution in [2.45, 2.75) is 20.8 Å². The fourth-order valence-corrected chi connectivity index (χ4v) is 2.46. The number of benzene rings is 1. The van der Waals surface area contributed by atoms with Crippen LogP contribution in [0.4, 0.5) is 5.69 Å². The molecule has 0 aliphatic heterocycles. The van der Waals surface area contributed by atoms with Crippen LogP contribution in [0, 0.1) is 24.3 Å². The number of furan rings is 1. The fourth-order valence-electron chi connectivity index (χ4n) is 1.81. The maximum absolute atomic E-state index is 12.1. The highest BCUT2D eigenvalue weighted by Crippen LogP contribution is 2.20. The van der Waals surface area contributed by atoms with Crippen LogP contribution in [0.3, 0.4) is 0 Å². The minimum Gasteiger partial charge on any atom is -0.466 e. The van der Waals surface area contributed by atoms with E-state index in [4.69, 9.17) is 4.42 Å². The van der Waals surface area contributed by atoms with Gasteiger partial charge >= 0.3 is 0 Å². The average molecular weight is 355 g/mol. The highest BCUT2D eigenvalue weighted by Gasteiger charge is 2.14. The Morgan fingerprint density at radius 3 is 2.50 bits per heavy atom. The van der Waals surface area contributed by atoms with Gasteiger partial charge in [-0.05, 0) is 73.2 Å². The Morgan fingerprint density at radius 1 is 1.22 bits per heavy atom. The van der Waals surface area contributed by atoms with Crippen LogP contribution in [0.25, 0.3) is 0 Å². The summed E-state index contributed by atoms with van der Waals surface area (Å²) in [5, 5.41) is 2.91. The number of hydrogen-bond acceptors (Lipinski definition) is 2. The minimum absolute atomic E-state index is 0.131. The predicted octanol–water partition coefficient (Wildman–Crippen LogP) is 4.06. The average Bonchev–Trinajstić information content (AvgIpc) is 2.62. The molecule has 0 spiro atoms. The summed E-state index contributed by atoms with van der Waals surface area (Å²) in [7, 11) is 0. The normalized spacial score (nSPS) is 10.4. The van der Waals surface area contributed by atoms with E-state index in [0.29, 0.717) is 11.3 Å². The Hall–Kier alpha value is -1.30. The number of amides is 1. The summed E-state index contributed by atoms with van der Waals surface area (Å²) in [6, 6.07) is 7.67. The highest BCUT2D eigenvalue weighted by atomic mass is 127. The number of halogens is 1. The summed E-state index contributed by atoms with van der Waals surface area (Å²) in [4.78, 5) is 12.1. The molecule has 0 saturated heterocycles. The molecule has 18 heavy (non-hydrogen) atoms. The molecular formula is C14H14INO2. The van der Waals surface area contributed by atoms with Crippen molar-refractivity contribution < 1.29 is 9.21 Å². The quantitative estimate of drug-likeness (QED) is 0.826. The maximum Gasteiger partial charge on any atom is 0.259 e. The molecule has 0 radical (unpaired) electrons. The molecule has 94 valence electrons. The molecule has 1 heterocycles. The topological polar surface area (TPSA) is 42.2 Å². The van der Waals surface area contributed by atoms with E-state index < -0.39 is 0 Å². The SMILES string of the molecule is Cc1cc(C(=O)Nc2ccc(I)cc2C)c(C)o1. The zero-order valence-electron chi connectivity index (χ0n) is 10.5. The summed E-state index contributed by atoms with van der Waals surface area (Å²) in [5.41, 5.74) is 2.47. The number of carbonyl (C=O) groups excluding carboxylic acids is 1. The second kappa shape index (κ2) is 5.14. The first kappa shape index (κ1) is 13.1. The molecule has 2 aromatic rings. The Kier molecular flexibility index (Phi) is 3.75. The Morgan fingerprint density at radius 2 is 1.94 bits per heavy atom. The molecule has 4 heteroatoms. The van der Waals surface area contributed by atoms with Gasteiger partial charge in [0.15, 0.2) is 0 Å². The van der Waals surface area contributed by atoms with E-state index in [-0.39, 0.29) is 5.91 Å². The molecule has 2 rings (SSSR count). The summed E-state index contributed by atoms with van der Waals surface area (Å²) in [5.74, 6) is 1.26. The van der Waals surface area contributed by atoms with Crippen molar-refractivity contribution in [3.05, 3.63) is 50.5 Å². The van der Waals surface area contributed by atoms with E-state index in [9.17, 15) is 4.79 Å². The van der Waals surface area contributed by atoms with E-state index in [2.05, 4.69) is 27.9 Å². The molecule has 0 bridgehead atoms. The molecule has 0 aliphatic rings. The lowest BCUT2D eigenvalue weighted by atomic mass is 10.2. The molecule has 1 N–H and O–H groups in total. The van der Waals surface area contributed by atoms with E-state index >= 15 is 0 Å². The van der Waals surface area contributed by atoms with Crippen LogP contribution in [-0.2, 0) is 0 Å². The fraction of sp³-hybridized carbons (Fsp3) is 0.214. The van der Waals surface area contributed by atoms with Gasteiger partial charge in [-0.3, -0.25) is 4.79 Å². The lowest BCUT2D eigenvalue weighted by Crippen LogP contribution is -2.13. The standard InChI is InChI=1S/C14H14INO2/c1-8-6-11(15)4-5-13(8)16-14(17)12-7-9(2)18-10(12)3/h4-7H,1-3H3,(H,16,17). The molecular weight excluding hydrogens is 341 g/mol. The van der Waals surface area contributed by atoms with Gasteiger partial charge in [-0.1, -0.05) is 0 Å². The molecule has 0 fully saturated rings. The summed E-state index contributed by atoms with van der Waals surface area (Å²) in [6.07, 6.45) is 0.